The van der Waals surface area contributed by atoms with Crippen molar-refractivity contribution in [2.24, 2.45) is 4.99 Å². The number of aryl methyl sites for hydroxylation is 1. The quantitative estimate of drug-likeness (QED) is 0.574. The van der Waals surface area contributed by atoms with Gasteiger partial charge in [-0.3, -0.25) is 9.59 Å². The van der Waals surface area contributed by atoms with E-state index < -0.39 is 23.5 Å². The lowest BCUT2D eigenvalue weighted by molar-refractivity contribution is -0.143. The highest BCUT2D eigenvalue weighted by Crippen LogP contribution is 2.22. The maximum Gasteiger partial charge on any atom is 0.326 e. The van der Waals surface area contributed by atoms with E-state index in [9.17, 15) is 18.4 Å². The summed E-state index contributed by atoms with van der Waals surface area (Å²) >= 11 is 0.896. The van der Waals surface area contributed by atoms with Crippen molar-refractivity contribution in [2.45, 2.75) is 20.4 Å². The number of rotatable bonds is 6. The third kappa shape index (κ3) is 5.05. The topological polar surface area (TPSA) is 69.9 Å². The summed E-state index contributed by atoms with van der Waals surface area (Å²) in [6, 6.07) is 8.96. The summed E-state index contributed by atoms with van der Waals surface area (Å²) < 4.78 is 39.6. The highest BCUT2D eigenvalue weighted by Gasteiger charge is 2.17. The predicted octanol–water partition coefficient (Wildman–Crippen LogP) is 3.36. The molecule has 1 amide bonds. The lowest BCUT2D eigenvalue weighted by atomic mass is 10.2. The lowest BCUT2D eigenvalue weighted by Gasteiger charge is -2.06. The van der Waals surface area contributed by atoms with E-state index in [2.05, 4.69) is 4.99 Å². The first-order valence-corrected chi connectivity index (χ1v) is 9.60. The largest absolute Gasteiger partial charge is 0.484 e. The molecule has 0 atom stereocenters. The standard InChI is InChI=1S/C20H18F2N2O4S/c1-3-27-18(26)10-24-19-15(22)8-13(21)9-16(19)29-20(24)23-17(25)11-28-14-6-4-12(2)5-7-14/h4-9H,3,10-11H2,1-2H3. The Bertz CT molecular complexity index is 1120. The number of thiazole rings is 1. The van der Waals surface area contributed by atoms with Crippen molar-refractivity contribution in [3.05, 3.63) is 58.4 Å². The van der Waals surface area contributed by atoms with Crippen LogP contribution in [0.2, 0.25) is 0 Å². The number of ether oxygens (including phenoxy) is 2. The van der Waals surface area contributed by atoms with Crippen LogP contribution in [0.25, 0.3) is 10.2 Å². The van der Waals surface area contributed by atoms with Gasteiger partial charge >= 0.3 is 5.97 Å². The third-order valence-electron chi connectivity index (χ3n) is 3.89. The molecule has 0 aliphatic rings. The maximum absolute atomic E-state index is 14.3. The van der Waals surface area contributed by atoms with Gasteiger partial charge in [0.2, 0.25) is 0 Å². The normalized spacial score (nSPS) is 11.7. The number of carbonyl (C=O) groups excluding carboxylic acids is 2. The summed E-state index contributed by atoms with van der Waals surface area (Å²) in [7, 11) is 0. The van der Waals surface area contributed by atoms with Gasteiger partial charge in [-0.05, 0) is 32.0 Å². The number of benzene rings is 2. The highest BCUT2D eigenvalue weighted by molar-refractivity contribution is 7.16. The number of nitrogens with zero attached hydrogens (tertiary/aromatic N) is 2. The van der Waals surface area contributed by atoms with Gasteiger partial charge in [-0.15, -0.1) is 0 Å². The number of fused-ring (bicyclic) bond motifs is 1. The van der Waals surface area contributed by atoms with Crippen LogP contribution in [0.5, 0.6) is 5.75 Å². The van der Waals surface area contributed by atoms with Gasteiger partial charge in [-0.25, -0.2) is 8.78 Å². The number of esters is 1. The van der Waals surface area contributed by atoms with Crippen LogP contribution in [-0.4, -0.2) is 29.7 Å². The van der Waals surface area contributed by atoms with E-state index in [0.29, 0.717) is 11.8 Å². The van der Waals surface area contributed by atoms with Gasteiger partial charge in [0.1, 0.15) is 18.1 Å². The molecule has 0 aliphatic carbocycles. The van der Waals surface area contributed by atoms with Crippen LogP contribution in [0.1, 0.15) is 12.5 Å². The molecule has 29 heavy (non-hydrogen) atoms. The maximum atomic E-state index is 14.3. The van der Waals surface area contributed by atoms with E-state index in [-0.39, 0.29) is 34.8 Å². The average Bonchev–Trinajstić information content (AvgIpc) is 2.98. The van der Waals surface area contributed by atoms with Crippen molar-refractivity contribution in [2.75, 3.05) is 13.2 Å². The molecular formula is C20H18F2N2O4S. The summed E-state index contributed by atoms with van der Waals surface area (Å²) in [6.07, 6.45) is 0. The van der Waals surface area contributed by atoms with Crippen LogP contribution < -0.4 is 9.54 Å². The molecule has 0 fully saturated rings. The summed E-state index contributed by atoms with van der Waals surface area (Å²) in [4.78, 5) is 28.2. The van der Waals surface area contributed by atoms with E-state index in [1.54, 1.807) is 19.1 Å². The Kier molecular flexibility index (Phi) is 6.38. The Balaban J connectivity index is 1.93. The van der Waals surface area contributed by atoms with Crippen molar-refractivity contribution in [3.8, 4) is 5.75 Å². The molecule has 1 heterocycles. The molecule has 0 saturated heterocycles. The predicted molar refractivity (Wildman–Crippen MR) is 104 cm³/mol. The SMILES string of the molecule is CCOC(=O)Cn1c(=NC(=O)COc2ccc(C)cc2)sc2cc(F)cc(F)c21. The second-order valence-corrected chi connectivity index (χ2v) is 7.13. The van der Waals surface area contributed by atoms with Gasteiger partial charge in [0.05, 0.1) is 16.8 Å². The number of aromatic nitrogens is 1. The van der Waals surface area contributed by atoms with Crippen LogP contribution in [0.4, 0.5) is 8.78 Å². The van der Waals surface area contributed by atoms with E-state index >= 15 is 0 Å². The van der Waals surface area contributed by atoms with E-state index in [4.69, 9.17) is 9.47 Å². The third-order valence-corrected chi connectivity index (χ3v) is 4.92. The Morgan fingerprint density at radius 2 is 1.90 bits per heavy atom. The smallest absolute Gasteiger partial charge is 0.326 e. The van der Waals surface area contributed by atoms with Gasteiger partial charge in [0.25, 0.3) is 5.91 Å². The number of halogens is 2. The highest BCUT2D eigenvalue weighted by atomic mass is 32.1. The van der Waals surface area contributed by atoms with Crippen LogP contribution in [0, 0.1) is 18.6 Å². The second kappa shape index (κ2) is 8.95. The molecule has 0 unspecified atom stereocenters. The molecule has 3 aromatic rings. The molecule has 0 bridgehead atoms. The van der Waals surface area contributed by atoms with Gasteiger partial charge in [0, 0.05) is 6.07 Å². The van der Waals surface area contributed by atoms with Crippen molar-refractivity contribution in [1.82, 2.24) is 4.57 Å². The first kappa shape index (κ1) is 20.7. The first-order valence-electron chi connectivity index (χ1n) is 8.78. The summed E-state index contributed by atoms with van der Waals surface area (Å²) in [5.74, 6) is -2.37. The molecule has 6 nitrogen and oxygen atoms in total. The van der Waals surface area contributed by atoms with E-state index in [1.807, 2.05) is 19.1 Å². The summed E-state index contributed by atoms with van der Waals surface area (Å²) in [5.41, 5.74) is 1.03. The molecule has 152 valence electrons. The molecular weight excluding hydrogens is 402 g/mol. The zero-order valence-electron chi connectivity index (χ0n) is 15.8. The molecule has 0 N–H and O–H groups in total. The zero-order chi connectivity index (χ0) is 21.0. The zero-order valence-corrected chi connectivity index (χ0v) is 16.6. The Labute approximate surface area is 169 Å². The molecule has 1 aromatic heterocycles. The van der Waals surface area contributed by atoms with E-state index in [1.165, 1.54) is 4.57 Å². The minimum Gasteiger partial charge on any atom is -0.484 e. The molecule has 9 heteroatoms. The fraction of sp³-hybridized carbons (Fsp3) is 0.250. The Hall–Kier alpha value is -3.07. The first-order chi connectivity index (χ1) is 13.9. The van der Waals surface area contributed by atoms with Crippen LogP contribution in [-0.2, 0) is 20.9 Å². The summed E-state index contributed by atoms with van der Waals surface area (Å²) in [5, 5.41) is 0. The van der Waals surface area contributed by atoms with Crippen molar-refractivity contribution in [3.63, 3.8) is 0 Å². The van der Waals surface area contributed by atoms with Crippen LogP contribution in [0.15, 0.2) is 41.4 Å². The minimum atomic E-state index is -0.856. The molecule has 2 aromatic carbocycles. The van der Waals surface area contributed by atoms with Gasteiger partial charge in [-0.2, -0.15) is 4.99 Å². The van der Waals surface area contributed by atoms with Crippen molar-refractivity contribution in [1.29, 1.82) is 0 Å². The Morgan fingerprint density at radius 3 is 2.59 bits per heavy atom. The second-order valence-electron chi connectivity index (χ2n) is 6.12. The van der Waals surface area contributed by atoms with Gasteiger partial charge in [-0.1, -0.05) is 29.0 Å². The van der Waals surface area contributed by atoms with Crippen LogP contribution in [0.3, 0.4) is 0 Å². The lowest BCUT2D eigenvalue weighted by Crippen LogP contribution is -2.24. The Morgan fingerprint density at radius 1 is 1.17 bits per heavy atom. The fourth-order valence-electron chi connectivity index (χ4n) is 2.62. The minimum absolute atomic E-state index is 0.0181. The molecule has 0 aliphatic heterocycles. The van der Waals surface area contributed by atoms with E-state index in [0.717, 1.165) is 23.0 Å². The number of hydrogen-bond acceptors (Lipinski definition) is 5. The van der Waals surface area contributed by atoms with Crippen molar-refractivity contribution < 1.29 is 27.8 Å². The average molecular weight is 420 g/mol. The molecule has 0 saturated carbocycles. The molecule has 0 spiro atoms. The number of hydrogen-bond donors (Lipinski definition) is 0. The van der Waals surface area contributed by atoms with Gasteiger partial charge < -0.3 is 14.0 Å². The molecule has 3 rings (SSSR count). The van der Waals surface area contributed by atoms with Gasteiger partial charge in [0.15, 0.2) is 17.2 Å². The number of carbonyl (C=O) groups is 2. The number of amides is 1. The van der Waals surface area contributed by atoms with Crippen LogP contribution >= 0.6 is 11.3 Å². The van der Waals surface area contributed by atoms with Crippen molar-refractivity contribution >= 4 is 33.4 Å². The summed E-state index contributed by atoms with van der Waals surface area (Å²) in [6.45, 7) is 3.01. The fourth-order valence-corrected chi connectivity index (χ4v) is 3.70. The molecule has 0 radical (unpaired) electrons. The monoisotopic (exact) mass is 420 g/mol.